The molecule has 1 fully saturated rings. The number of Topliss-reactive ketones (excluding diaryl/α,β-unsaturated/α-hetero) is 1. The highest BCUT2D eigenvalue weighted by molar-refractivity contribution is 7.79. The molecule has 0 saturated carbocycles. The number of ketones is 1. The molecule has 2 atom stereocenters. The summed E-state index contributed by atoms with van der Waals surface area (Å²) in [6, 6.07) is 5.94. The molecule has 2 N–H and O–H groups in total. The van der Waals surface area contributed by atoms with Gasteiger partial charge in [0.15, 0.2) is 16.9 Å². The second kappa shape index (κ2) is 7.00. The average Bonchev–Trinajstić information content (AvgIpc) is 2.54. The van der Waals surface area contributed by atoms with Crippen LogP contribution in [0.2, 0.25) is 0 Å². The zero-order chi connectivity index (χ0) is 15.5. The smallest absolute Gasteiger partial charge is 0.167 e. The van der Waals surface area contributed by atoms with Crippen LogP contribution in [0.15, 0.2) is 18.2 Å². The zero-order valence-corrected chi connectivity index (χ0v) is 13.4. The van der Waals surface area contributed by atoms with Crippen LogP contribution in [0.3, 0.4) is 0 Å². The fraction of sp³-hybridized carbons (Fsp3) is 0.562. The first-order chi connectivity index (χ1) is 10.6. The molecule has 2 unspecified atom stereocenters. The number of nitrogens with zero attached hydrogens (tertiary/aromatic N) is 1. The zero-order valence-electron chi connectivity index (χ0n) is 12.6. The van der Waals surface area contributed by atoms with Gasteiger partial charge < -0.3 is 9.87 Å². The van der Waals surface area contributed by atoms with Crippen LogP contribution in [-0.4, -0.2) is 45.0 Å². The van der Waals surface area contributed by atoms with Crippen molar-refractivity contribution in [3.05, 3.63) is 34.9 Å². The summed E-state index contributed by atoms with van der Waals surface area (Å²) in [6.07, 6.45) is 2.87. The van der Waals surface area contributed by atoms with Gasteiger partial charge in [-0.15, -0.1) is 0 Å². The Bertz CT molecular complexity index is 585. The van der Waals surface area contributed by atoms with E-state index in [0.29, 0.717) is 6.54 Å². The highest BCUT2D eigenvalue weighted by Crippen LogP contribution is 2.23. The molecule has 0 amide bonds. The van der Waals surface area contributed by atoms with Crippen LogP contribution in [0.5, 0.6) is 0 Å². The van der Waals surface area contributed by atoms with E-state index in [2.05, 4.69) is 5.32 Å². The van der Waals surface area contributed by atoms with Crippen LogP contribution in [0.1, 0.15) is 34.3 Å². The first-order valence-corrected chi connectivity index (χ1v) is 9.07. The molecule has 0 spiro atoms. The molecule has 0 aliphatic carbocycles. The Hall–Kier alpha value is -1.08. The first-order valence-electron chi connectivity index (χ1n) is 7.80. The van der Waals surface area contributed by atoms with E-state index in [1.165, 1.54) is 5.56 Å². The van der Waals surface area contributed by atoms with Crippen molar-refractivity contribution in [1.82, 2.24) is 10.2 Å². The molecule has 3 rings (SSSR count). The number of benzene rings is 1. The van der Waals surface area contributed by atoms with Crippen LogP contribution < -0.4 is 5.32 Å². The summed E-state index contributed by atoms with van der Waals surface area (Å²) >= 11 is -1.79. The lowest BCUT2D eigenvalue weighted by molar-refractivity contribution is 0.0899. The average molecular weight is 322 g/mol. The van der Waals surface area contributed by atoms with Crippen molar-refractivity contribution in [1.29, 1.82) is 0 Å². The maximum absolute atomic E-state index is 12.6. The van der Waals surface area contributed by atoms with Gasteiger partial charge in [-0.05, 0) is 43.0 Å². The van der Waals surface area contributed by atoms with E-state index in [4.69, 9.17) is 4.55 Å². The van der Waals surface area contributed by atoms with E-state index in [-0.39, 0.29) is 17.6 Å². The summed E-state index contributed by atoms with van der Waals surface area (Å²) in [6.45, 7) is 3.24. The van der Waals surface area contributed by atoms with Crippen LogP contribution in [0.4, 0.5) is 0 Å². The summed E-state index contributed by atoms with van der Waals surface area (Å²) in [5, 5.41) is 3.29. The molecule has 22 heavy (non-hydrogen) atoms. The van der Waals surface area contributed by atoms with Crippen LogP contribution in [-0.2, 0) is 24.0 Å². The Labute approximate surface area is 133 Å². The molecule has 2 heterocycles. The van der Waals surface area contributed by atoms with Crippen molar-refractivity contribution in [2.24, 2.45) is 5.92 Å². The molecule has 1 saturated heterocycles. The van der Waals surface area contributed by atoms with Gasteiger partial charge in [0, 0.05) is 31.1 Å². The minimum absolute atomic E-state index is 0.101. The van der Waals surface area contributed by atoms with Crippen molar-refractivity contribution in [2.75, 3.05) is 25.5 Å². The number of hydrogen-bond donors (Lipinski definition) is 2. The lowest BCUT2D eigenvalue weighted by Gasteiger charge is -2.28. The van der Waals surface area contributed by atoms with E-state index in [9.17, 15) is 9.00 Å². The normalized spacial score (nSPS) is 23.8. The molecule has 0 bridgehead atoms. The Morgan fingerprint density at radius 3 is 3.00 bits per heavy atom. The largest absolute Gasteiger partial charge is 0.316 e. The van der Waals surface area contributed by atoms with Gasteiger partial charge in [-0.25, -0.2) is 4.21 Å². The lowest BCUT2D eigenvalue weighted by atomic mass is 9.88. The van der Waals surface area contributed by atoms with Gasteiger partial charge in [0.2, 0.25) is 0 Å². The summed E-state index contributed by atoms with van der Waals surface area (Å²) in [5.41, 5.74) is 3.18. The molecule has 1 aromatic rings. The maximum Gasteiger partial charge on any atom is 0.167 e. The highest BCUT2D eigenvalue weighted by Gasteiger charge is 2.24. The van der Waals surface area contributed by atoms with Crippen LogP contribution in [0.25, 0.3) is 0 Å². The number of rotatable bonds is 4. The predicted molar refractivity (Wildman–Crippen MR) is 86.1 cm³/mol. The van der Waals surface area contributed by atoms with Gasteiger partial charge in [-0.1, -0.05) is 12.1 Å². The van der Waals surface area contributed by atoms with E-state index in [0.717, 1.165) is 50.0 Å². The second-order valence-corrected chi connectivity index (χ2v) is 7.05. The third-order valence-corrected chi connectivity index (χ3v) is 5.13. The monoisotopic (exact) mass is 322 g/mol. The second-order valence-electron chi connectivity index (χ2n) is 6.14. The minimum Gasteiger partial charge on any atom is -0.316 e. The molecule has 1 aromatic carbocycles. The van der Waals surface area contributed by atoms with E-state index < -0.39 is 11.1 Å². The fourth-order valence-electron chi connectivity index (χ4n) is 3.34. The number of nitrogens with one attached hydrogen (secondary N) is 1. The standard InChI is InChI=1S/C16H22N2O3S/c19-16(14-2-1-6-17-9-14)13-3-4-15-10-18(11-22(20)21)7-5-12(15)8-13/h3-4,8,14,17H,1-2,5-7,9-11H2,(H,20,21). The van der Waals surface area contributed by atoms with Crippen molar-refractivity contribution in [3.63, 3.8) is 0 Å². The van der Waals surface area contributed by atoms with Gasteiger partial charge in [-0.2, -0.15) is 0 Å². The Morgan fingerprint density at radius 2 is 2.27 bits per heavy atom. The molecule has 5 nitrogen and oxygen atoms in total. The van der Waals surface area contributed by atoms with Gasteiger partial charge in [0.1, 0.15) is 5.88 Å². The number of hydrogen-bond acceptors (Lipinski definition) is 4. The van der Waals surface area contributed by atoms with Crippen molar-refractivity contribution < 1.29 is 13.6 Å². The van der Waals surface area contributed by atoms with Crippen LogP contribution in [0, 0.1) is 5.92 Å². The summed E-state index contributed by atoms with van der Waals surface area (Å²) in [5.74, 6) is 0.533. The topological polar surface area (TPSA) is 69.6 Å². The van der Waals surface area contributed by atoms with Crippen molar-refractivity contribution in [2.45, 2.75) is 25.8 Å². The molecular weight excluding hydrogens is 300 g/mol. The van der Waals surface area contributed by atoms with Gasteiger partial charge in [-0.3, -0.25) is 9.69 Å². The molecule has 6 heteroatoms. The predicted octanol–water partition coefficient (Wildman–Crippen LogP) is 1.41. The lowest BCUT2D eigenvalue weighted by Crippen LogP contribution is -2.35. The molecule has 120 valence electrons. The van der Waals surface area contributed by atoms with E-state index >= 15 is 0 Å². The molecule has 2 aliphatic rings. The van der Waals surface area contributed by atoms with E-state index in [1.54, 1.807) is 0 Å². The highest BCUT2D eigenvalue weighted by atomic mass is 32.2. The quantitative estimate of drug-likeness (QED) is 0.648. The molecule has 0 radical (unpaired) electrons. The van der Waals surface area contributed by atoms with E-state index in [1.807, 2.05) is 23.1 Å². The number of carbonyl (C=O) groups is 1. The summed E-state index contributed by atoms with van der Waals surface area (Å²) in [7, 11) is 0. The first kappa shape index (κ1) is 15.8. The van der Waals surface area contributed by atoms with Crippen molar-refractivity contribution in [3.8, 4) is 0 Å². The van der Waals surface area contributed by atoms with Crippen molar-refractivity contribution >= 4 is 16.9 Å². The third kappa shape index (κ3) is 3.63. The maximum atomic E-state index is 12.6. The Kier molecular flexibility index (Phi) is 5.03. The number of piperidine rings is 1. The number of carbonyl (C=O) groups excluding carboxylic acids is 1. The molecular formula is C16H22N2O3S. The molecule has 2 aliphatic heterocycles. The third-order valence-electron chi connectivity index (χ3n) is 4.54. The number of fused-ring (bicyclic) bond motifs is 1. The SMILES string of the molecule is O=C(c1ccc2c(c1)CCN(CS(=O)O)C2)C1CCCNC1. The van der Waals surface area contributed by atoms with Gasteiger partial charge in [0.25, 0.3) is 0 Å². The fourth-order valence-corrected chi connectivity index (χ4v) is 3.88. The summed E-state index contributed by atoms with van der Waals surface area (Å²) in [4.78, 5) is 14.5. The Balaban J connectivity index is 1.72. The van der Waals surface area contributed by atoms with Gasteiger partial charge in [0.05, 0.1) is 0 Å². The summed E-state index contributed by atoms with van der Waals surface area (Å²) < 4.78 is 19.9. The minimum atomic E-state index is -1.79. The molecule has 0 aromatic heterocycles. The Morgan fingerprint density at radius 1 is 1.41 bits per heavy atom. The van der Waals surface area contributed by atoms with Gasteiger partial charge >= 0.3 is 0 Å². The van der Waals surface area contributed by atoms with Crippen LogP contribution >= 0.6 is 0 Å².